The van der Waals surface area contributed by atoms with Gasteiger partial charge >= 0.3 is 0 Å². The van der Waals surface area contributed by atoms with Crippen LogP contribution in [0.5, 0.6) is 0 Å². The van der Waals surface area contributed by atoms with E-state index in [-0.39, 0.29) is 23.7 Å². The fraction of sp³-hybridized carbons (Fsp3) is 0.778. The molecular weight excluding hydrogens is 154 g/mol. The SMILES string of the molecule is C[C@@H]1CC(=O)[C@@H]2CCCN2C1=O. The Morgan fingerprint density at radius 2 is 2.17 bits per heavy atom. The molecule has 0 aromatic carbocycles. The minimum Gasteiger partial charge on any atom is -0.332 e. The molecule has 2 heterocycles. The van der Waals surface area contributed by atoms with Crippen LogP contribution in [-0.4, -0.2) is 29.2 Å². The molecule has 2 saturated heterocycles. The van der Waals surface area contributed by atoms with Gasteiger partial charge in [-0.15, -0.1) is 0 Å². The summed E-state index contributed by atoms with van der Waals surface area (Å²) in [7, 11) is 0. The Hall–Kier alpha value is -0.860. The van der Waals surface area contributed by atoms with Crippen molar-refractivity contribution in [2.75, 3.05) is 6.54 Å². The molecule has 2 rings (SSSR count). The van der Waals surface area contributed by atoms with Crippen LogP contribution in [0.2, 0.25) is 0 Å². The second kappa shape index (κ2) is 2.57. The maximum Gasteiger partial charge on any atom is 0.226 e. The van der Waals surface area contributed by atoms with Gasteiger partial charge in [-0.05, 0) is 12.8 Å². The second-order valence-corrected chi connectivity index (χ2v) is 3.76. The maximum absolute atomic E-state index is 11.5. The first-order valence-electron chi connectivity index (χ1n) is 4.53. The molecule has 0 aliphatic carbocycles. The average Bonchev–Trinajstić information content (AvgIpc) is 2.48. The number of hydrogen-bond acceptors (Lipinski definition) is 2. The summed E-state index contributed by atoms with van der Waals surface area (Å²) in [5.41, 5.74) is 0. The Balaban J connectivity index is 2.23. The van der Waals surface area contributed by atoms with Gasteiger partial charge < -0.3 is 4.90 Å². The monoisotopic (exact) mass is 167 g/mol. The summed E-state index contributed by atoms with van der Waals surface area (Å²) < 4.78 is 0. The van der Waals surface area contributed by atoms with Crippen LogP contribution in [0, 0.1) is 5.92 Å². The summed E-state index contributed by atoms with van der Waals surface area (Å²) in [6.45, 7) is 2.63. The van der Waals surface area contributed by atoms with E-state index in [9.17, 15) is 9.59 Å². The Bertz CT molecular complexity index is 237. The first-order valence-corrected chi connectivity index (χ1v) is 4.53. The van der Waals surface area contributed by atoms with Crippen LogP contribution < -0.4 is 0 Å². The molecule has 2 fully saturated rings. The summed E-state index contributed by atoms with van der Waals surface area (Å²) in [5.74, 6) is 0.364. The lowest BCUT2D eigenvalue weighted by Gasteiger charge is -2.31. The lowest BCUT2D eigenvalue weighted by Crippen LogP contribution is -2.48. The Labute approximate surface area is 71.7 Å². The topological polar surface area (TPSA) is 37.4 Å². The summed E-state index contributed by atoms with van der Waals surface area (Å²) >= 11 is 0. The smallest absolute Gasteiger partial charge is 0.226 e. The van der Waals surface area contributed by atoms with Crippen LogP contribution in [0.1, 0.15) is 26.2 Å². The van der Waals surface area contributed by atoms with Crippen LogP contribution in [-0.2, 0) is 9.59 Å². The van der Waals surface area contributed by atoms with E-state index in [1.165, 1.54) is 0 Å². The highest BCUT2D eigenvalue weighted by atomic mass is 16.2. The fourth-order valence-electron chi connectivity index (χ4n) is 2.17. The quantitative estimate of drug-likeness (QED) is 0.529. The number of hydrogen-bond donors (Lipinski definition) is 0. The van der Waals surface area contributed by atoms with Crippen molar-refractivity contribution in [3.8, 4) is 0 Å². The summed E-state index contributed by atoms with van der Waals surface area (Å²) in [6.07, 6.45) is 2.34. The highest BCUT2D eigenvalue weighted by Gasteiger charge is 2.40. The number of rotatable bonds is 0. The zero-order valence-corrected chi connectivity index (χ0v) is 7.25. The predicted molar refractivity (Wildman–Crippen MR) is 43.5 cm³/mol. The van der Waals surface area contributed by atoms with Gasteiger partial charge in [-0.1, -0.05) is 6.92 Å². The Morgan fingerprint density at radius 1 is 1.42 bits per heavy atom. The van der Waals surface area contributed by atoms with E-state index in [0.717, 1.165) is 19.4 Å². The Kier molecular flexibility index (Phi) is 1.67. The zero-order chi connectivity index (χ0) is 8.72. The average molecular weight is 167 g/mol. The van der Waals surface area contributed by atoms with Crippen molar-refractivity contribution >= 4 is 11.7 Å². The van der Waals surface area contributed by atoms with Crippen molar-refractivity contribution in [1.29, 1.82) is 0 Å². The number of Topliss-reactive ketones (excluding diaryl/α,β-unsaturated/α-hetero) is 1. The number of piperidine rings is 1. The number of ketones is 1. The van der Waals surface area contributed by atoms with Crippen LogP contribution in [0.3, 0.4) is 0 Å². The van der Waals surface area contributed by atoms with Gasteiger partial charge in [-0.3, -0.25) is 9.59 Å². The molecule has 0 aromatic rings. The highest BCUT2D eigenvalue weighted by molar-refractivity contribution is 5.96. The zero-order valence-electron chi connectivity index (χ0n) is 7.25. The normalized spacial score (nSPS) is 35.6. The minimum atomic E-state index is -0.0770. The van der Waals surface area contributed by atoms with E-state index in [4.69, 9.17) is 0 Å². The molecule has 2 aliphatic heterocycles. The van der Waals surface area contributed by atoms with Crippen LogP contribution >= 0.6 is 0 Å². The van der Waals surface area contributed by atoms with E-state index in [2.05, 4.69) is 0 Å². The lowest BCUT2D eigenvalue weighted by atomic mass is 9.93. The molecule has 0 N–H and O–H groups in total. The van der Waals surface area contributed by atoms with E-state index >= 15 is 0 Å². The number of fused-ring (bicyclic) bond motifs is 1. The standard InChI is InChI=1S/C9H13NO2/c1-6-5-8(11)7-3-2-4-10(7)9(6)12/h6-7H,2-5H2,1H3/t6-,7+/m1/s1. The lowest BCUT2D eigenvalue weighted by molar-refractivity contribution is -0.147. The molecule has 0 bridgehead atoms. The molecule has 2 aliphatic rings. The van der Waals surface area contributed by atoms with Gasteiger partial charge in [0.25, 0.3) is 0 Å². The van der Waals surface area contributed by atoms with Gasteiger partial charge in [0, 0.05) is 18.9 Å². The van der Waals surface area contributed by atoms with Crippen molar-refractivity contribution in [3.05, 3.63) is 0 Å². The van der Waals surface area contributed by atoms with Crippen LogP contribution in [0.4, 0.5) is 0 Å². The van der Waals surface area contributed by atoms with Gasteiger partial charge in [0.05, 0.1) is 6.04 Å². The number of carbonyl (C=O) groups is 2. The molecule has 3 heteroatoms. The molecule has 0 saturated carbocycles. The first-order chi connectivity index (χ1) is 5.70. The van der Waals surface area contributed by atoms with Gasteiger partial charge in [0.1, 0.15) is 0 Å². The van der Waals surface area contributed by atoms with Crippen LogP contribution in [0.15, 0.2) is 0 Å². The molecule has 2 atom stereocenters. The van der Waals surface area contributed by atoms with E-state index in [0.29, 0.717) is 6.42 Å². The van der Waals surface area contributed by atoms with Crippen molar-refractivity contribution in [2.24, 2.45) is 5.92 Å². The van der Waals surface area contributed by atoms with Gasteiger partial charge in [0.15, 0.2) is 5.78 Å². The molecule has 0 aromatic heterocycles. The van der Waals surface area contributed by atoms with Gasteiger partial charge in [-0.2, -0.15) is 0 Å². The number of nitrogens with zero attached hydrogens (tertiary/aromatic N) is 1. The summed E-state index contributed by atoms with van der Waals surface area (Å²) in [6, 6.07) is -0.0614. The van der Waals surface area contributed by atoms with Crippen molar-refractivity contribution in [3.63, 3.8) is 0 Å². The van der Waals surface area contributed by atoms with Gasteiger partial charge in [0.2, 0.25) is 5.91 Å². The van der Waals surface area contributed by atoms with Gasteiger partial charge in [-0.25, -0.2) is 0 Å². The highest BCUT2D eigenvalue weighted by Crippen LogP contribution is 2.27. The summed E-state index contributed by atoms with van der Waals surface area (Å²) in [4.78, 5) is 24.7. The van der Waals surface area contributed by atoms with Crippen molar-refractivity contribution < 1.29 is 9.59 Å². The Morgan fingerprint density at radius 3 is 2.92 bits per heavy atom. The maximum atomic E-state index is 11.5. The third-order valence-corrected chi connectivity index (χ3v) is 2.84. The van der Waals surface area contributed by atoms with Crippen LogP contribution in [0.25, 0.3) is 0 Å². The van der Waals surface area contributed by atoms with E-state index < -0.39 is 0 Å². The van der Waals surface area contributed by atoms with E-state index in [1.807, 2.05) is 6.92 Å². The predicted octanol–water partition coefficient (Wildman–Crippen LogP) is 0.586. The first kappa shape index (κ1) is 7.77. The molecular formula is C9H13NO2. The third-order valence-electron chi connectivity index (χ3n) is 2.84. The molecule has 3 nitrogen and oxygen atoms in total. The molecule has 12 heavy (non-hydrogen) atoms. The van der Waals surface area contributed by atoms with Crippen molar-refractivity contribution in [1.82, 2.24) is 4.90 Å². The molecule has 0 unspecified atom stereocenters. The number of carbonyl (C=O) groups excluding carboxylic acids is 2. The minimum absolute atomic E-state index is 0.0614. The van der Waals surface area contributed by atoms with Crippen molar-refractivity contribution in [2.45, 2.75) is 32.2 Å². The molecule has 0 radical (unpaired) electrons. The third kappa shape index (κ3) is 0.958. The number of amides is 1. The molecule has 1 amide bonds. The molecule has 66 valence electrons. The van der Waals surface area contributed by atoms with E-state index in [1.54, 1.807) is 4.90 Å². The summed E-state index contributed by atoms with van der Waals surface area (Å²) in [5, 5.41) is 0. The largest absolute Gasteiger partial charge is 0.332 e. The fourth-order valence-corrected chi connectivity index (χ4v) is 2.17. The molecule has 0 spiro atoms. The second-order valence-electron chi connectivity index (χ2n) is 3.76.